The summed E-state index contributed by atoms with van der Waals surface area (Å²) in [6.45, 7) is 0. The van der Waals surface area contributed by atoms with E-state index < -0.39 is 17.2 Å². The molecule has 0 N–H and O–H groups in total. The number of carbonyl (C=O) groups is 1. The number of benzene rings is 1. The van der Waals surface area contributed by atoms with Gasteiger partial charge in [0.15, 0.2) is 0 Å². The molecule has 1 aromatic carbocycles. The van der Waals surface area contributed by atoms with Crippen LogP contribution in [-0.2, 0) is 16.4 Å². The Morgan fingerprint density at radius 2 is 1.94 bits per heavy atom. The van der Waals surface area contributed by atoms with Crippen molar-refractivity contribution in [3.63, 3.8) is 0 Å². The molecule has 0 aliphatic heterocycles. The van der Waals surface area contributed by atoms with E-state index in [0.717, 1.165) is 12.4 Å². The van der Waals surface area contributed by atoms with Gasteiger partial charge >= 0.3 is 6.18 Å². The third kappa shape index (κ3) is 1.82. The van der Waals surface area contributed by atoms with E-state index in [2.05, 4.69) is 0 Å². The average molecular weight is 249 g/mol. The third-order valence-electron chi connectivity index (χ3n) is 2.86. The molecule has 0 amide bonds. The van der Waals surface area contributed by atoms with Crippen molar-refractivity contribution < 1.29 is 18.0 Å². The summed E-state index contributed by atoms with van der Waals surface area (Å²) < 4.78 is 37.3. The van der Waals surface area contributed by atoms with Crippen molar-refractivity contribution in [2.75, 3.05) is 0 Å². The zero-order chi connectivity index (χ0) is 12.0. The molecule has 1 saturated carbocycles. The number of hydrogen-bond acceptors (Lipinski definition) is 1. The van der Waals surface area contributed by atoms with Gasteiger partial charge in [-0.25, -0.2) is 0 Å². The number of rotatable bonds is 2. The zero-order valence-corrected chi connectivity index (χ0v) is 8.90. The van der Waals surface area contributed by atoms with Crippen molar-refractivity contribution in [2.24, 2.45) is 0 Å². The molecule has 2 rings (SSSR count). The van der Waals surface area contributed by atoms with E-state index in [1.807, 2.05) is 0 Å². The lowest BCUT2D eigenvalue weighted by Gasteiger charge is -2.12. The van der Waals surface area contributed by atoms with Crippen LogP contribution in [0.3, 0.4) is 0 Å². The SMILES string of the molecule is O=CC1(c2ccc(C(F)(F)F)c(Cl)c2)CC1. The Hall–Kier alpha value is -1.03. The van der Waals surface area contributed by atoms with Gasteiger partial charge in [-0.3, -0.25) is 0 Å². The minimum Gasteiger partial charge on any atom is -0.302 e. The summed E-state index contributed by atoms with van der Waals surface area (Å²) in [6.07, 6.45) is -2.31. The first-order valence-corrected chi connectivity index (χ1v) is 5.10. The molecule has 1 aliphatic carbocycles. The molecule has 16 heavy (non-hydrogen) atoms. The van der Waals surface area contributed by atoms with Gasteiger partial charge in [0.05, 0.1) is 16.0 Å². The molecule has 0 heterocycles. The predicted molar refractivity (Wildman–Crippen MR) is 53.4 cm³/mol. The lowest BCUT2D eigenvalue weighted by Crippen LogP contribution is -2.10. The first-order valence-electron chi connectivity index (χ1n) is 4.73. The minimum atomic E-state index is -4.45. The topological polar surface area (TPSA) is 17.1 Å². The Labute approximate surface area is 95.2 Å². The molecule has 0 saturated heterocycles. The van der Waals surface area contributed by atoms with Crippen LogP contribution in [0, 0.1) is 0 Å². The van der Waals surface area contributed by atoms with E-state index >= 15 is 0 Å². The summed E-state index contributed by atoms with van der Waals surface area (Å²) in [5, 5.41) is -0.349. The second-order valence-corrected chi connectivity index (χ2v) is 4.37. The molecule has 0 spiro atoms. The first kappa shape index (κ1) is 11.5. The number of halogens is 4. The summed E-state index contributed by atoms with van der Waals surface area (Å²) in [4.78, 5) is 10.8. The molecular weight excluding hydrogens is 241 g/mol. The molecule has 0 bridgehead atoms. The molecule has 0 aromatic heterocycles. The Morgan fingerprint density at radius 3 is 2.31 bits per heavy atom. The lowest BCUT2D eigenvalue weighted by molar-refractivity contribution is -0.137. The second-order valence-electron chi connectivity index (χ2n) is 3.97. The smallest absolute Gasteiger partial charge is 0.302 e. The van der Waals surface area contributed by atoms with E-state index in [4.69, 9.17) is 11.6 Å². The van der Waals surface area contributed by atoms with Crippen LogP contribution in [0.1, 0.15) is 24.0 Å². The fourth-order valence-corrected chi connectivity index (χ4v) is 1.95. The molecule has 1 nitrogen and oxygen atoms in total. The summed E-state index contributed by atoms with van der Waals surface area (Å²) in [6, 6.07) is 3.50. The molecule has 86 valence electrons. The van der Waals surface area contributed by atoms with Crippen LogP contribution in [0.15, 0.2) is 18.2 Å². The summed E-state index contributed by atoms with van der Waals surface area (Å²) >= 11 is 5.57. The van der Waals surface area contributed by atoms with E-state index in [0.29, 0.717) is 18.4 Å². The van der Waals surface area contributed by atoms with Crippen molar-refractivity contribution in [1.29, 1.82) is 0 Å². The maximum Gasteiger partial charge on any atom is 0.417 e. The van der Waals surface area contributed by atoms with E-state index in [-0.39, 0.29) is 5.02 Å². The van der Waals surface area contributed by atoms with Gasteiger partial charge in [0.2, 0.25) is 0 Å². The summed E-state index contributed by atoms with van der Waals surface area (Å²) in [5.41, 5.74) is -0.881. The Balaban J connectivity index is 2.41. The van der Waals surface area contributed by atoms with E-state index in [1.54, 1.807) is 0 Å². The average Bonchev–Trinajstić information content (AvgIpc) is 2.96. The molecule has 0 radical (unpaired) electrons. The van der Waals surface area contributed by atoms with Crippen LogP contribution in [0.2, 0.25) is 5.02 Å². The minimum absolute atomic E-state index is 0.349. The molecule has 1 fully saturated rings. The monoisotopic (exact) mass is 248 g/mol. The van der Waals surface area contributed by atoms with Gasteiger partial charge in [0.25, 0.3) is 0 Å². The van der Waals surface area contributed by atoms with Crippen LogP contribution in [0.25, 0.3) is 0 Å². The summed E-state index contributed by atoms with van der Waals surface area (Å²) in [7, 11) is 0. The highest BCUT2D eigenvalue weighted by Crippen LogP contribution is 2.47. The number of alkyl halides is 3. The first-order chi connectivity index (χ1) is 7.39. The summed E-state index contributed by atoms with van der Waals surface area (Å²) in [5.74, 6) is 0. The van der Waals surface area contributed by atoms with Crippen LogP contribution in [-0.4, -0.2) is 6.29 Å². The zero-order valence-electron chi connectivity index (χ0n) is 8.14. The Kier molecular flexibility index (Phi) is 2.49. The molecule has 0 atom stereocenters. The maximum atomic E-state index is 12.4. The van der Waals surface area contributed by atoms with Gasteiger partial charge in [0, 0.05) is 0 Å². The maximum absolute atomic E-state index is 12.4. The van der Waals surface area contributed by atoms with Crippen LogP contribution in [0.4, 0.5) is 13.2 Å². The van der Waals surface area contributed by atoms with Crippen molar-refractivity contribution in [3.8, 4) is 0 Å². The molecule has 0 unspecified atom stereocenters. The highest BCUT2D eigenvalue weighted by Gasteiger charge is 2.45. The fourth-order valence-electron chi connectivity index (χ4n) is 1.66. The van der Waals surface area contributed by atoms with Gasteiger partial charge in [-0.05, 0) is 30.5 Å². The second kappa shape index (κ2) is 3.48. The van der Waals surface area contributed by atoms with Gasteiger partial charge < -0.3 is 4.79 Å². The number of carbonyl (C=O) groups excluding carboxylic acids is 1. The Morgan fingerprint density at radius 1 is 1.31 bits per heavy atom. The largest absolute Gasteiger partial charge is 0.417 e. The van der Waals surface area contributed by atoms with Crippen molar-refractivity contribution in [3.05, 3.63) is 34.3 Å². The number of aldehydes is 1. The van der Waals surface area contributed by atoms with E-state index in [1.165, 1.54) is 12.1 Å². The lowest BCUT2D eigenvalue weighted by atomic mass is 9.96. The predicted octanol–water partition coefficient (Wildman–Crippen LogP) is 3.59. The van der Waals surface area contributed by atoms with Crippen molar-refractivity contribution in [2.45, 2.75) is 24.4 Å². The highest BCUT2D eigenvalue weighted by atomic mass is 35.5. The molecule has 1 aromatic rings. The number of hydrogen-bond donors (Lipinski definition) is 0. The van der Waals surface area contributed by atoms with E-state index in [9.17, 15) is 18.0 Å². The quantitative estimate of drug-likeness (QED) is 0.731. The van der Waals surface area contributed by atoms with Gasteiger partial charge in [-0.15, -0.1) is 0 Å². The normalized spacial score (nSPS) is 18.2. The van der Waals surface area contributed by atoms with Gasteiger partial charge in [0.1, 0.15) is 6.29 Å². The Bertz CT molecular complexity index is 435. The van der Waals surface area contributed by atoms with Crippen LogP contribution >= 0.6 is 11.6 Å². The molecule has 1 aliphatic rings. The fraction of sp³-hybridized carbons (Fsp3) is 0.364. The molecule has 5 heteroatoms. The standard InChI is InChI=1S/C11H8ClF3O/c12-9-5-7(10(6-16)3-4-10)1-2-8(9)11(13,14)15/h1-2,5-6H,3-4H2. The van der Waals surface area contributed by atoms with Crippen LogP contribution in [0.5, 0.6) is 0 Å². The van der Waals surface area contributed by atoms with Gasteiger partial charge in [-0.1, -0.05) is 17.7 Å². The third-order valence-corrected chi connectivity index (χ3v) is 3.18. The van der Waals surface area contributed by atoms with Crippen molar-refractivity contribution >= 4 is 17.9 Å². The van der Waals surface area contributed by atoms with Crippen LogP contribution < -0.4 is 0 Å². The highest BCUT2D eigenvalue weighted by molar-refractivity contribution is 6.31. The van der Waals surface area contributed by atoms with Crippen molar-refractivity contribution in [1.82, 2.24) is 0 Å². The molecular formula is C11H8ClF3O. The van der Waals surface area contributed by atoms with Gasteiger partial charge in [-0.2, -0.15) is 13.2 Å².